The van der Waals surface area contributed by atoms with Crippen LogP contribution in [0.3, 0.4) is 0 Å². The van der Waals surface area contributed by atoms with Crippen LogP contribution in [0.4, 0.5) is 15.0 Å². The zero-order valence-electron chi connectivity index (χ0n) is 16.3. The number of carbonyl (C=O) groups is 1. The molecule has 2 aromatic rings. The molecule has 1 aliphatic rings. The standard InChI is InChI=1S/C20H27FN4O2/c1-19(2,3)16-13-17(25(23-16)15-7-5-14(21)6-8-15)22-18(26)24-11-9-20(4,27)10-12-24/h5-8,13,27H,9-12H2,1-4H3,(H,22,26). The van der Waals surface area contributed by atoms with E-state index in [0.29, 0.717) is 37.4 Å². The fourth-order valence-electron chi connectivity index (χ4n) is 3.00. The van der Waals surface area contributed by atoms with Crippen molar-refractivity contribution in [3.63, 3.8) is 0 Å². The minimum absolute atomic E-state index is 0.200. The van der Waals surface area contributed by atoms with Crippen LogP contribution in [0.1, 0.15) is 46.2 Å². The third kappa shape index (κ3) is 4.47. The Kier molecular flexibility index (Phi) is 4.99. The zero-order valence-corrected chi connectivity index (χ0v) is 16.3. The molecule has 7 heteroatoms. The van der Waals surface area contributed by atoms with Crippen LogP contribution in [0.15, 0.2) is 30.3 Å². The van der Waals surface area contributed by atoms with Gasteiger partial charge in [-0.3, -0.25) is 5.32 Å². The molecule has 0 saturated carbocycles. The predicted molar refractivity (Wildman–Crippen MR) is 103 cm³/mol. The second-order valence-electron chi connectivity index (χ2n) is 8.47. The van der Waals surface area contributed by atoms with E-state index in [-0.39, 0.29) is 17.3 Å². The van der Waals surface area contributed by atoms with Gasteiger partial charge in [-0.05, 0) is 44.0 Å². The Hall–Kier alpha value is -2.41. The first-order valence-electron chi connectivity index (χ1n) is 9.20. The molecule has 0 radical (unpaired) electrons. The maximum absolute atomic E-state index is 13.3. The second-order valence-corrected chi connectivity index (χ2v) is 8.47. The number of nitrogens with zero attached hydrogens (tertiary/aromatic N) is 3. The maximum Gasteiger partial charge on any atom is 0.323 e. The van der Waals surface area contributed by atoms with Crippen LogP contribution in [0, 0.1) is 5.82 Å². The van der Waals surface area contributed by atoms with Gasteiger partial charge in [0.15, 0.2) is 0 Å². The number of carbonyl (C=O) groups excluding carboxylic acids is 1. The molecule has 27 heavy (non-hydrogen) atoms. The molecule has 2 N–H and O–H groups in total. The fraction of sp³-hybridized carbons (Fsp3) is 0.500. The number of benzene rings is 1. The number of nitrogens with one attached hydrogen (secondary N) is 1. The van der Waals surface area contributed by atoms with Crippen LogP contribution in [0.25, 0.3) is 5.69 Å². The molecule has 2 heterocycles. The number of aliphatic hydroxyl groups is 1. The minimum atomic E-state index is -0.716. The van der Waals surface area contributed by atoms with E-state index in [4.69, 9.17) is 0 Å². The lowest BCUT2D eigenvalue weighted by atomic mass is 9.92. The second kappa shape index (κ2) is 6.96. The van der Waals surface area contributed by atoms with Crippen molar-refractivity contribution in [2.75, 3.05) is 18.4 Å². The van der Waals surface area contributed by atoms with Gasteiger partial charge < -0.3 is 10.0 Å². The number of amides is 2. The molecule has 1 fully saturated rings. The average Bonchev–Trinajstić information content (AvgIpc) is 2.99. The highest BCUT2D eigenvalue weighted by atomic mass is 19.1. The molecule has 0 spiro atoms. The Balaban J connectivity index is 1.86. The number of rotatable bonds is 2. The van der Waals surface area contributed by atoms with E-state index in [1.165, 1.54) is 12.1 Å². The van der Waals surface area contributed by atoms with Crippen molar-refractivity contribution in [1.82, 2.24) is 14.7 Å². The summed E-state index contributed by atoms with van der Waals surface area (Å²) in [5.74, 6) is 0.210. The average molecular weight is 374 g/mol. The molecule has 1 aromatic heterocycles. The molecule has 146 valence electrons. The molecule has 3 rings (SSSR count). The first-order chi connectivity index (χ1) is 12.5. The smallest absolute Gasteiger partial charge is 0.323 e. The lowest BCUT2D eigenvalue weighted by Crippen LogP contribution is -2.46. The molecule has 0 aliphatic carbocycles. The van der Waals surface area contributed by atoms with Crippen molar-refractivity contribution in [3.05, 3.63) is 41.8 Å². The van der Waals surface area contributed by atoms with Gasteiger partial charge >= 0.3 is 6.03 Å². The third-order valence-corrected chi connectivity index (χ3v) is 4.91. The summed E-state index contributed by atoms with van der Waals surface area (Å²) in [5.41, 5.74) is 0.577. The Bertz CT molecular complexity index is 811. The highest BCUT2D eigenvalue weighted by molar-refractivity contribution is 5.89. The molecule has 1 aromatic carbocycles. The van der Waals surface area contributed by atoms with Crippen LogP contribution in [-0.4, -0.2) is 44.5 Å². The Labute approximate surface area is 159 Å². The summed E-state index contributed by atoms with van der Waals surface area (Å²) in [7, 11) is 0. The molecular formula is C20H27FN4O2. The topological polar surface area (TPSA) is 70.4 Å². The summed E-state index contributed by atoms with van der Waals surface area (Å²) >= 11 is 0. The number of halogens is 1. The quantitative estimate of drug-likeness (QED) is 0.842. The number of anilines is 1. The summed E-state index contributed by atoms with van der Waals surface area (Å²) < 4.78 is 14.9. The van der Waals surface area contributed by atoms with Gasteiger partial charge in [0.25, 0.3) is 0 Å². The monoisotopic (exact) mass is 374 g/mol. The number of hydrogen-bond donors (Lipinski definition) is 2. The van der Waals surface area contributed by atoms with Gasteiger partial charge in [-0.15, -0.1) is 0 Å². The van der Waals surface area contributed by atoms with Crippen molar-refractivity contribution < 1.29 is 14.3 Å². The van der Waals surface area contributed by atoms with Gasteiger partial charge in [0, 0.05) is 24.6 Å². The van der Waals surface area contributed by atoms with Gasteiger partial charge in [-0.25, -0.2) is 13.9 Å². The van der Waals surface area contributed by atoms with E-state index in [0.717, 1.165) is 5.69 Å². The summed E-state index contributed by atoms with van der Waals surface area (Å²) in [6.45, 7) is 8.92. The molecule has 0 unspecified atom stereocenters. The Morgan fingerprint density at radius 2 is 1.81 bits per heavy atom. The molecule has 0 atom stereocenters. The zero-order chi connectivity index (χ0) is 19.8. The largest absolute Gasteiger partial charge is 0.390 e. The number of likely N-dealkylation sites (tertiary alicyclic amines) is 1. The van der Waals surface area contributed by atoms with Crippen LogP contribution in [-0.2, 0) is 5.41 Å². The van der Waals surface area contributed by atoms with Crippen LogP contribution in [0.2, 0.25) is 0 Å². The number of urea groups is 1. The number of aromatic nitrogens is 2. The summed E-state index contributed by atoms with van der Waals surface area (Å²) in [6.07, 6.45) is 1.09. The van der Waals surface area contributed by atoms with E-state index in [1.54, 1.807) is 28.6 Å². The first-order valence-corrected chi connectivity index (χ1v) is 9.20. The van der Waals surface area contributed by atoms with Gasteiger partial charge in [0.05, 0.1) is 17.0 Å². The molecule has 6 nitrogen and oxygen atoms in total. The normalized spacial score (nSPS) is 17.0. The van der Waals surface area contributed by atoms with Crippen molar-refractivity contribution in [2.24, 2.45) is 0 Å². The predicted octanol–water partition coefficient (Wildman–Crippen LogP) is 3.69. The number of hydrogen-bond acceptors (Lipinski definition) is 3. The van der Waals surface area contributed by atoms with Gasteiger partial charge in [-0.2, -0.15) is 5.10 Å². The van der Waals surface area contributed by atoms with Crippen molar-refractivity contribution in [1.29, 1.82) is 0 Å². The van der Waals surface area contributed by atoms with E-state index < -0.39 is 5.60 Å². The van der Waals surface area contributed by atoms with E-state index >= 15 is 0 Å². The Morgan fingerprint density at radius 1 is 1.22 bits per heavy atom. The van der Waals surface area contributed by atoms with Crippen LogP contribution < -0.4 is 5.32 Å². The van der Waals surface area contributed by atoms with E-state index in [1.807, 2.05) is 26.8 Å². The van der Waals surface area contributed by atoms with Crippen LogP contribution in [0.5, 0.6) is 0 Å². The molecular weight excluding hydrogens is 347 g/mol. The lowest BCUT2D eigenvalue weighted by molar-refractivity contribution is 0.00569. The van der Waals surface area contributed by atoms with Gasteiger partial charge in [0.1, 0.15) is 11.6 Å². The maximum atomic E-state index is 13.3. The third-order valence-electron chi connectivity index (χ3n) is 4.91. The SMILES string of the molecule is CC1(O)CCN(C(=O)Nc2cc(C(C)(C)C)nn2-c2ccc(F)cc2)CC1. The first kappa shape index (κ1) is 19.4. The van der Waals surface area contributed by atoms with Crippen LogP contribution >= 0.6 is 0 Å². The van der Waals surface area contributed by atoms with Crippen molar-refractivity contribution >= 4 is 11.8 Å². The molecule has 2 amide bonds. The molecule has 1 aliphatic heterocycles. The Morgan fingerprint density at radius 3 is 2.37 bits per heavy atom. The van der Waals surface area contributed by atoms with E-state index in [9.17, 15) is 14.3 Å². The van der Waals surface area contributed by atoms with Crippen molar-refractivity contribution in [2.45, 2.75) is 51.6 Å². The highest BCUT2D eigenvalue weighted by Gasteiger charge is 2.30. The molecule has 1 saturated heterocycles. The molecule has 0 bridgehead atoms. The number of piperidine rings is 1. The lowest BCUT2D eigenvalue weighted by Gasteiger charge is -2.35. The van der Waals surface area contributed by atoms with Gasteiger partial charge in [0.2, 0.25) is 0 Å². The van der Waals surface area contributed by atoms with Crippen molar-refractivity contribution in [3.8, 4) is 5.69 Å². The summed E-state index contributed by atoms with van der Waals surface area (Å²) in [5, 5.41) is 17.6. The summed E-state index contributed by atoms with van der Waals surface area (Å²) in [6, 6.07) is 7.61. The summed E-state index contributed by atoms with van der Waals surface area (Å²) in [4.78, 5) is 14.4. The van der Waals surface area contributed by atoms with Gasteiger partial charge in [-0.1, -0.05) is 20.8 Å². The highest BCUT2D eigenvalue weighted by Crippen LogP contribution is 2.27. The van der Waals surface area contributed by atoms with E-state index in [2.05, 4.69) is 10.4 Å². The fourth-order valence-corrected chi connectivity index (χ4v) is 3.00. The minimum Gasteiger partial charge on any atom is -0.390 e.